The Morgan fingerprint density at radius 2 is 1.97 bits per heavy atom. The Bertz CT molecular complexity index is 850. The van der Waals surface area contributed by atoms with Crippen LogP contribution in [-0.2, 0) is 33.7 Å². The largest absolute Gasteiger partial charge is 0.381 e. The first-order valence-electron chi connectivity index (χ1n) is 11.6. The van der Waals surface area contributed by atoms with E-state index in [4.69, 9.17) is 9.84 Å². The van der Waals surface area contributed by atoms with Gasteiger partial charge in [-0.2, -0.15) is 5.10 Å². The average molecular weight is 431 g/mol. The normalized spacial score (nSPS) is 20.7. The van der Waals surface area contributed by atoms with Gasteiger partial charge in [0, 0.05) is 52.7 Å². The molecule has 31 heavy (non-hydrogen) atoms. The molecule has 2 amide bonds. The fraction of sp³-hybridized carbons (Fsp3) is 0.739. The monoisotopic (exact) mass is 430 g/mol. The first-order chi connectivity index (χ1) is 14.9. The van der Waals surface area contributed by atoms with Crippen molar-refractivity contribution in [2.24, 2.45) is 11.3 Å². The maximum Gasteiger partial charge on any atom is 0.255 e. The van der Waals surface area contributed by atoms with Gasteiger partial charge in [0.1, 0.15) is 5.78 Å². The van der Waals surface area contributed by atoms with Crippen LogP contribution in [0.3, 0.4) is 0 Å². The first kappa shape index (κ1) is 22.0. The highest BCUT2D eigenvalue weighted by Crippen LogP contribution is 2.37. The maximum atomic E-state index is 12.9. The van der Waals surface area contributed by atoms with Crippen LogP contribution in [-0.4, -0.2) is 65.1 Å². The number of carbonyl (C=O) groups is 3. The molecule has 1 aromatic rings. The number of hydrogen-bond donors (Lipinski definition) is 1. The number of likely N-dealkylation sites (tertiary alicyclic amines) is 1. The summed E-state index contributed by atoms with van der Waals surface area (Å²) >= 11 is 0. The molecule has 1 aromatic heterocycles. The van der Waals surface area contributed by atoms with Crippen molar-refractivity contribution in [1.82, 2.24) is 20.0 Å². The Labute approximate surface area is 183 Å². The molecule has 4 rings (SSSR count). The molecule has 0 bridgehead atoms. The van der Waals surface area contributed by atoms with Gasteiger partial charge in [-0.3, -0.25) is 19.1 Å². The maximum absolute atomic E-state index is 12.9. The zero-order chi connectivity index (χ0) is 22.0. The van der Waals surface area contributed by atoms with Crippen molar-refractivity contribution in [3.05, 3.63) is 17.0 Å². The third-order valence-electron chi connectivity index (χ3n) is 7.24. The predicted molar refractivity (Wildman–Crippen MR) is 115 cm³/mol. The Morgan fingerprint density at radius 3 is 2.65 bits per heavy atom. The van der Waals surface area contributed by atoms with Gasteiger partial charge >= 0.3 is 0 Å². The number of ether oxygens (including phenoxy) is 1. The molecule has 2 fully saturated rings. The van der Waals surface area contributed by atoms with Crippen LogP contribution < -0.4 is 5.32 Å². The van der Waals surface area contributed by atoms with Crippen molar-refractivity contribution in [3.8, 4) is 0 Å². The van der Waals surface area contributed by atoms with E-state index in [1.54, 1.807) is 11.8 Å². The second-order valence-corrected chi connectivity index (χ2v) is 9.36. The summed E-state index contributed by atoms with van der Waals surface area (Å²) in [5.74, 6) is 0.304. The van der Waals surface area contributed by atoms with Gasteiger partial charge in [0.05, 0.1) is 22.9 Å². The minimum atomic E-state index is -0.00310. The molecule has 8 nitrogen and oxygen atoms in total. The van der Waals surface area contributed by atoms with E-state index in [9.17, 15) is 14.4 Å². The number of carbonyl (C=O) groups excluding carboxylic acids is 3. The van der Waals surface area contributed by atoms with Crippen LogP contribution in [0, 0.1) is 11.3 Å². The second kappa shape index (κ2) is 9.10. The highest BCUT2D eigenvalue weighted by molar-refractivity contribution is 5.97. The molecular formula is C23H34N4O4. The summed E-state index contributed by atoms with van der Waals surface area (Å²) in [5.41, 5.74) is 2.73. The highest BCUT2D eigenvalue weighted by atomic mass is 16.5. The predicted octanol–water partition coefficient (Wildman–Crippen LogP) is 1.75. The van der Waals surface area contributed by atoms with Crippen LogP contribution in [0.15, 0.2) is 0 Å². The van der Waals surface area contributed by atoms with Crippen molar-refractivity contribution >= 4 is 17.6 Å². The molecule has 4 heterocycles. The number of ketones is 1. The van der Waals surface area contributed by atoms with Gasteiger partial charge in [-0.25, -0.2) is 0 Å². The van der Waals surface area contributed by atoms with Gasteiger partial charge in [-0.1, -0.05) is 6.92 Å². The topological polar surface area (TPSA) is 93.5 Å². The number of Topliss-reactive ketones (excluding diaryl/α,β-unsaturated/α-hetero) is 1. The second-order valence-electron chi connectivity index (χ2n) is 9.36. The van der Waals surface area contributed by atoms with Crippen LogP contribution >= 0.6 is 0 Å². The van der Waals surface area contributed by atoms with E-state index in [0.29, 0.717) is 26.1 Å². The van der Waals surface area contributed by atoms with Gasteiger partial charge in [0.2, 0.25) is 5.91 Å². The van der Waals surface area contributed by atoms with Crippen LogP contribution in [0.4, 0.5) is 0 Å². The molecule has 3 aliphatic heterocycles. The van der Waals surface area contributed by atoms with Gasteiger partial charge in [-0.15, -0.1) is 0 Å². The lowest BCUT2D eigenvalue weighted by molar-refractivity contribution is -0.140. The van der Waals surface area contributed by atoms with Crippen molar-refractivity contribution in [2.45, 2.75) is 65.3 Å². The number of amides is 2. The summed E-state index contributed by atoms with van der Waals surface area (Å²) in [4.78, 5) is 38.2. The molecule has 2 saturated heterocycles. The number of rotatable bonds is 7. The van der Waals surface area contributed by atoms with Gasteiger partial charge in [-0.05, 0) is 43.9 Å². The fourth-order valence-electron chi connectivity index (χ4n) is 5.06. The van der Waals surface area contributed by atoms with Crippen molar-refractivity contribution < 1.29 is 19.1 Å². The summed E-state index contributed by atoms with van der Waals surface area (Å²) in [6, 6.07) is 0. The van der Waals surface area contributed by atoms with Crippen molar-refractivity contribution in [2.75, 3.05) is 32.8 Å². The summed E-state index contributed by atoms with van der Waals surface area (Å²) in [7, 11) is 0. The number of aromatic nitrogens is 2. The molecular weight excluding hydrogens is 396 g/mol. The zero-order valence-corrected chi connectivity index (χ0v) is 18.7. The van der Waals surface area contributed by atoms with Crippen LogP contribution in [0.25, 0.3) is 0 Å². The third-order valence-corrected chi connectivity index (χ3v) is 7.24. The van der Waals surface area contributed by atoms with E-state index < -0.39 is 0 Å². The minimum absolute atomic E-state index is 0.00310. The van der Waals surface area contributed by atoms with Crippen LogP contribution in [0.5, 0.6) is 0 Å². The van der Waals surface area contributed by atoms with E-state index in [1.807, 2.05) is 11.6 Å². The molecule has 8 heteroatoms. The lowest BCUT2D eigenvalue weighted by atomic mass is 9.76. The molecule has 0 aliphatic carbocycles. The fourth-order valence-corrected chi connectivity index (χ4v) is 5.06. The molecule has 0 radical (unpaired) electrons. The van der Waals surface area contributed by atoms with E-state index in [1.165, 1.54) is 0 Å². The number of aryl methyl sites for hydroxylation is 2. The van der Waals surface area contributed by atoms with Gasteiger partial charge in [0.25, 0.3) is 5.91 Å². The highest BCUT2D eigenvalue weighted by Gasteiger charge is 2.39. The molecule has 1 N–H and O–H groups in total. The summed E-state index contributed by atoms with van der Waals surface area (Å²) in [5, 5.41) is 7.93. The Morgan fingerprint density at radius 1 is 1.23 bits per heavy atom. The van der Waals surface area contributed by atoms with Crippen molar-refractivity contribution in [3.63, 3.8) is 0 Å². The lowest BCUT2D eigenvalue weighted by Gasteiger charge is -2.37. The third kappa shape index (κ3) is 4.54. The molecule has 1 spiro atoms. The molecule has 3 aliphatic rings. The average Bonchev–Trinajstić information content (AvgIpc) is 2.99. The van der Waals surface area contributed by atoms with Crippen LogP contribution in [0.1, 0.15) is 67.7 Å². The van der Waals surface area contributed by atoms with E-state index in [0.717, 1.165) is 75.2 Å². The Hall–Kier alpha value is -2.22. The van der Waals surface area contributed by atoms with E-state index in [2.05, 4.69) is 5.32 Å². The van der Waals surface area contributed by atoms with Gasteiger partial charge in [0.15, 0.2) is 0 Å². The Balaban J connectivity index is 1.38. The number of nitrogens with zero attached hydrogens (tertiary/aromatic N) is 3. The minimum Gasteiger partial charge on any atom is -0.381 e. The van der Waals surface area contributed by atoms with E-state index >= 15 is 0 Å². The number of unbranched alkanes of at least 4 members (excludes halogenated alkanes) is 1. The molecule has 0 saturated carbocycles. The molecule has 0 atom stereocenters. The number of fused-ring (bicyclic) bond motifs is 1. The first-order valence-corrected chi connectivity index (χ1v) is 11.6. The van der Waals surface area contributed by atoms with Gasteiger partial charge < -0.3 is 15.0 Å². The van der Waals surface area contributed by atoms with E-state index in [-0.39, 0.29) is 28.9 Å². The van der Waals surface area contributed by atoms with Crippen molar-refractivity contribution in [1.29, 1.82) is 0 Å². The van der Waals surface area contributed by atoms with Crippen LogP contribution in [0.2, 0.25) is 0 Å². The summed E-state index contributed by atoms with van der Waals surface area (Å²) in [6.07, 6.45) is 5.67. The summed E-state index contributed by atoms with van der Waals surface area (Å²) < 4.78 is 7.60. The smallest absolute Gasteiger partial charge is 0.255 e. The zero-order valence-electron chi connectivity index (χ0n) is 18.7. The number of hydrogen-bond acceptors (Lipinski definition) is 5. The standard InChI is InChI=1S/C23H34N4O4/c1-3-18-21-19(12-23(15-24-22(21)30)7-10-31-11-8-23)27(25-18)9-5-4-6-20(29)17-13-26(14-17)16(2)28/h17H,3-15H2,1-2H3,(H,24,30). The lowest BCUT2D eigenvalue weighted by Crippen LogP contribution is -2.52. The molecule has 0 unspecified atom stereocenters. The molecule has 0 aromatic carbocycles. The Kier molecular flexibility index (Phi) is 6.46. The molecule has 170 valence electrons. The number of nitrogens with one attached hydrogen (secondary N) is 1. The summed E-state index contributed by atoms with van der Waals surface area (Å²) in [6.45, 7) is 7.62. The SMILES string of the molecule is CCc1nn(CCCCC(=O)C2CN(C(C)=O)C2)c2c1C(=O)NCC1(CCOCC1)C2. The quantitative estimate of drug-likeness (QED) is 0.665.